The van der Waals surface area contributed by atoms with Crippen LogP contribution >= 0.6 is 0 Å². The van der Waals surface area contributed by atoms with Crippen LogP contribution in [0, 0.1) is 11.6 Å². The number of hydrogen-bond acceptors (Lipinski definition) is 1. The van der Waals surface area contributed by atoms with Crippen molar-refractivity contribution in [1.82, 2.24) is 0 Å². The zero-order valence-corrected chi connectivity index (χ0v) is 12.3. The maximum Gasteiger partial charge on any atom is 0.432 e. The van der Waals surface area contributed by atoms with E-state index in [0.717, 1.165) is 24.1 Å². The van der Waals surface area contributed by atoms with Crippen molar-refractivity contribution in [3.05, 3.63) is 64.7 Å². The minimum Gasteiger partial charge on any atom is -0.429 e. The van der Waals surface area contributed by atoms with Gasteiger partial charge < -0.3 is 4.74 Å². The van der Waals surface area contributed by atoms with Gasteiger partial charge in [0.15, 0.2) is 0 Å². The number of halogens is 4. The summed E-state index contributed by atoms with van der Waals surface area (Å²) in [7, 11) is 0. The van der Waals surface area contributed by atoms with Crippen molar-refractivity contribution in [2.24, 2.45) is 0 Å². The van der Waals surface area contributed by atoms with Crippen LogP contribution in [0.5, 0.6) is 5.75 Å². The third-order valence-corrected chi connectivity index (χ3v) is 3.38. The first-order valence-corrected chi connectivity index (χ1v) is 7.01. The van der Waals surface area contributed by atoms with Gasteiger partial charge >= 0.3 is 6.11 Å². The highest BCUT2D eigenvalue weighted by Gasteiger charge is 2.41. The smallest absolute Gasteiger partial charge is 0.429 e. The van der Waals surface area contributed by atoms with E-state index in [4.69, 9.17) is 0 Å². The monoisotopic (exact) mass is 312 g/mol. The molecule has 1 nitrogen and oxygen atoms in total. The zero-order chi connectivity index (χ0) is 16.3. The highest BCUT2D eigenvalue weighted by molar-refractivity contribution is 5.31. The quantitative estimate of drug-likeness (QED) is 0.688. The minimum absolute atomic E-state index is 0.152. The lowest BCUT2D eigenvalue weighted by Gasteiger charge is -2.20. The summed E-state index contributed by atoms with van der Waals surface area (Å²) in [5.41, 5.74) is -0.119. The van der Waals surface area contributed by atoms with Crippen molar-refractivity contribution in [3.63, 3.8) is 0 Å². The average Bonchev–Trinajstić information content (AvgIpc) is 2.46. The molecule has 0 aliphatic carbocycles. The number of aryl methyl sites for hydroxylation is 2. The van der Waals surface area contributed by atoms with Gasteiger partial charge in [0.25, 0.3) is 0 Å². The topological polar surface area (TPSA) is 9.23 Å². The number of alkyl halides is 2. The Bertz CT molecular complexity index is 627. The molecule has 0 bridgehead atoms. The molecule has 0 atom stereocenters. The largest absolute Gasteiger partial charge is 0.432 e. The van der Waals surface area contributed by atoms with Crippen molar-refractivity contribution >= 4 is 0 Å². The van der Waals surface area contributed by atoms with Gasteiger partial charge in [-0.05, 0) is 48.2 Å². The molecule has 2 aromatic rings. The SMILES string of the molecule is CCc1ccc(OC(F)(F)c2c(F)cc(CC)cc2F)cc1. The van der Waals surface area contributed by atoms with E-state index in [1.54, 1.807) is 19.1 Å². The summed E-state index contributed by atoms with van der Waals surface area (Å²) >= 11 is 0. The molecule has 0 aliphatic heterocycles. The zero-order valence-electron chi connectivity index (χ0n) is 12.3. The molecular weight excluding hydrogens is 296 g/mol. The fraction of sp³-hybridized carbons (Fsp3) is 0.294. The van der Waals surface area contributed by atoms with Gasteiger partial charge in [0.05, 0.1) is 0 Å². The van der Waals surface area contributed by atoms with Crippen LogP contribution in [0.3, 0.4) is 0 Å². The lowest BCUT2D eigenvalue weighted by atomic mass is 10.1. The summed E-state index contributed by atoms with van der Waals surface area (Å²) in [6.07, 6.45) is -2.99. The molecule has 0 N–H and O–H groups in total. The highest BCUT2D eigenvalue weighted by Crippen LogP contribution is 2.35. The van der Waals surface area contributed by atoms with Crippen LogP contribution in [0.25, 0.3) is 0 Å². The van der Waals surface area contributed by atoms with Crippen LogP contribution in [0.2, 0.25) is 0 Å². The van der Waals surface area contributed by atoms with E-state index < -0.39 is 23.3 Å². The first kappa shape index (κ1) is 16.3. The van der Waals surface area contributed by atoms with Gasteiger partial charge in [0.2, 0.25) is 0 Å². The molecule has 0 amide bonds. The van der Waals surface area contributed by atoms with E-state index in [0.29, 0.717) is 12.0 Å². The van der Waals surface area contributed by atoms with Crippen LogP contribution in [0.15, 0.2) is 36.4 Å². The van der Waals surface area contributed by atoms with Crippen molar-refractivity contribution in [3.8, 4) is 5.75 Å². The van der Waals surface area contributed by atoms with Crippen LogP contribution in [0.1, 0.15) is 30.5 Å². The van der Waals surface area contributed by atoms with E-state index in [9.17, 15) is 17.6 Å². The second-order valence-corrected chi connectivity index (χ2v) is 4.90. The molecule has 0 saturated carbocycles. The predicted octanol–water partition coefficient (Wildman–Crippen LogP) is 5.22. The van der Waals surface area contributed by atoms with Gasteiger partial charge in [0, 0.05) is 0 Å². The van der Waals surface area contributed by atoms with E-state index in [2.05, 4.69) is 4.74 Å². The van der Waals surface area contributed by atoms with Crippen molar-refractivity contribution in [2.45, 2.75) is 32.8 Å². The standard InChI is InChI=1S/C17H16F4O/c1-3-11-5-7-13(8-6-11)22-17(20,21)16-14(18)9-12(4-2)10-15(16)19/h5-10H,3-4H2,1-2H3. The normalized spacial score (nSPS) is 11.5. The van der Waals surface area contributed by atoms with Crippen molar-refractivity contribution in [2.75, 3.05) is 0 Å². The van der Waals surface area contributed by atoms with Crippen molar-refractivity contribution in [1.29, 1.82) is 0 Å². The fourth-order valence-corrected chi connectivity index (χ4v) is 2.10. The lowest BCUT2D eigenvalue weighted by molar-refractivity contribution is -0.189. The number of hydrogen-bond donors (Lipinski definition) is 0. The third kappa shape index (κ3) is 3.40. The number of rotatable bonds is 5. The Kier molecular flexibility index (Phi) is 4.74. The average molecular weight is 312 g/mol. The Morgan fingerprint density at radius 1 is 0.864 bits per heavy atom. The summed E-state index contributed by atoms with van der Waals surface area (Å²) in [5.74, 6) is -2.78. The summed E-state index contributed by atoms with van der Waals surface area (Å²) in [6, 6.07) is 7.74. The predicted molar refractivity (Wildman–Crippen MR) is 76.1 cm³/mol. The minimum atomic E-state index is -4.09. The first-order valence-electron chi connectivity index (χ1n) is 7.01. The van der Waals surface area contributed by atoms with Crippen LogP contribution in [-0.2, 0) is 19.0 Å². The Morgan fingerprint density at radius 3 is 1.82 bits per heavy atom. The van der Waals surface area contributed by atoms with Gasteiger partial charge in [-0.25, -0.2) is 8.78 Å². The molecule has 5 heteroatoms. The molecule has 2 aromatic carbocycles. The summed E-state index contributed by atoms with van der Waals surface area (Å²) < 4.78 is 60.3. The summed E-state index contributed by atoms with van der Waals surface area (Å²) in [6.45, 7) is 3.60. The maximum atomic E-state index is 14.1. The molecule has 0 aliphatic rings. The molecule has 0 spiro atoms. The number of ether oxygens (including phenoxy) is 1. The van der Waals surface area contributed by atoms with Crippen molar-refractivity contribution < 1.29 is 22.3 Å². The molecule has 0 heterocycles. The van der Waals surface area contributed by atoms with Crippen LogP contribution < -0.4 is 4.74 Å². The second-order valence-electron chi connectivity index (χ2n) is 4.90. The summed E-state index contributed by atoms with van der Waals surface area (Å²) in [5, 5.41) is 0. The molecule has 0 aromatic heterocycles. The Hall–Kier alpha value is -2.04. The molecule has 0 saturated heterocycles. The van der Waals surface area contributed by atoms with Gasteiger partial charge in [-0.1, -0.05) is 26.0 Å². The molecule has 0 unspecified atom stereocenters. The summed E-state index contributed by atoms with van der Waals surface area (Å²) in [4.78, 5) is 0. The van der Waals surface area contributed by atoms with Gasteiger partial charge in [-0.15, -0.1) is 0 Å². The van der Waals surface area contributed by atoms with Gasteiger partial charge in [0.1, 0.15) is 22.9 Å². The Morgan fingerprint density at radius 2 is 1.36 bits per heavy atom. The molecule has 2 rings (SSSR count). The van der Waals surface area contributed by atoms with E-state index in [1.807, 2.05) is 6.92 Å². The fourth-order valence-electron chi connectivity index (χ4n) is 2.10. The van der Waals surface area contributed by atoms with E-state index in [1.165, 1.54) is 12.1 Å². The first-order chi connectivity index (χ1) is 10.4. The van der Waals surface area contributed by atoms with Gasteiger partial charge in [-0.2, -0.15) is 8.78 Å². The Labute approximate surface area is 126 Å². The maximum absolute atomic E-state index is 14.1. The molecular formula is C17H16F4O. The molecule has 0 fully saturated rings. The van der Waals surface area contributed by atoms with E-state index >= 15 is 0 Å². The van der Waals surface area contributed by atoms with Crippen LogP contribution in [-0.4, -0.2) is 0 Å². The van der Waals surface area contributed by atoms with Crippen LogP contribution in [0.4, 0.5) is 17.6 Å². The molecule has 118 valence electrons. The van der Waals surface area contributed by atoms with E-state index in [-0.39, 0.29) is 5.75 Å². The Balaban J connectivity index is 2.33. The lowest BCUT2D eigenvalue weighted by Crippen LogP contribution is -2.25. The highest BCUT2D eigenvalue weighted by atomic mass is 19.3. The second kappa shape index (κ2) is 6.38. The molecule has 0 radical (unpaired) electrons. The third-order valence-electron chi connectivity index (χ3n) is 3.38. The van der Waals surface area contributed by atoms with Gasteiger partial charge in [-0.3, -0.25) is 0 Å². The molecule has 22 heavy (non-hydrogen) atoms. The number of benzene rings is 2.